The van der Waals surface area contributed by atoms with E-state index in [4.69, 9.17) is 4.52 Å². The molecule has 1 unspecified atom stereocenters. The summed E-state index contributed by atoms with van der Waals surface area (Å²) < 4.78 is 46.8. The van der Waals surface area contributed by atoms with Crippen molar-refractivity contribution in [1.29, 1.82) is 0 Å². The zero-order valence-electron chi connectivity index (χ0n) is 23.6. The Hall–Kier alpha value is -2.16. The van der Waals surface area contributed by atoms with Crippen molar-refractivity contribution < 1.29 is 27.4 Å². The number of nitrogens with one attached hydrogen (secondary N) is 1. The molecule has 1 aromatic rings. The van der Waals surface area contributed by atoms with Crippen LogP contribution >= 0.6 is 7.52 Å². The molecule has 0 saturated carbocycles. The van der Waals surface area contributed by atoms with E-state index in [9.17, 15) is 22.9 Å². The number of hydrogen-bond donors (Lipinski definition) is 2. The number of unbranched alkanes of at least 4 members (excludes halogenated alkanes) is 2. The summed E-state index contributed by atoms with van der Waals surface area (Å²) in [5, 5.41) is 14.7. The molecule has 2 aliphatic rings. The third-order valence-corrected chi connectivity index (χ3v) is 9.99. The number of carbonyl (C=O) groups is 1. The summed E-state index contributed by atoms with van der Waals surface area (Å²) in [5.74, 6) is -0.249. The van der Waals surface area contributed by atoms with Crippen molar-refractivity contribution >= 4 is 40.1 Å². The van der Waals surface area contributed by atoms with Crippen LogP contribution in [0.25, 0.3) is 0 Å². The monoisotopic (exact) mass is 567 g/mol. The number of sulfone groups is 1. The maximum Gasteiger partial charge on any atom is 0.348 e. The van der Waals surface area contributed by atoms with E-state index in [0.717, 1.165) is 24.8 Å². The Bertz CT molecular complexity index is 1290. The number of rotatable bonds is 11. The first kappa shape index (κ1) is 30.4. The van der Waals surface area contributed by atoms with Crippen LogP contribution in [0.15, 0.2) is 34.3 Å². The standard InChI is InChI=1S/C27H42N3O6PS/c1-8-36-37(33)21-18-19(12-10-9-11-17-38(7,34)35)13-14-20(21)28-24(29-37)22-23(31)27(5,6)30(25(22)32)16-15-26(2,3)4/h13-14,18,31H,8-12,15-17H2,1-7H3,(H,28,29,33). The molecule has 0 saturated heterocycles. The molecule has 0 bridgehead atoms. The molecule has 2 N–H and O–H groups in total. The first-order valence-electron chi connectivity index (χ1n) is 13.2. The first-order valence-corrected chi connectivity index (χ1v) is 16.8. The average molecular weight is 568 g/mol. The normalized spacial score (nSPS) is 21.4. The minimum atomic E-state index is -3.73. The highest BCUT2D eigenvalue weighted by molar-refractivity contribution is 7.90. The number of amidine groups is 1. The molecule has 0 radical (unpaired) electrons. The number of fused-ring (bicyclic) bond motifs is 1. The van der Waals surface area contributed by atoms with Crippen LogP contribution in [0.4, 0.5) is 5.69 Å². The van der Waals surface area contributed by atoms with Gasteiger partial charge in [0.05, 0.1) is 23.1 Å². The van der Waals surface area contributed by atoms with Gasteiger partial charge in [-0.3, -0.25) is 9.36 Å². The number of aryl methyl sites for hydroxylation is 1. The van der Waals surface area contributed by atoms with E-state index < -0.39 is 22.9 Å². The van der Waals surface area contributed by atoms with Crippen molar-refractivity contribution in [2.75, 3.05) is 30.5 Å². The quantitative estimate of drug-likeness (QED) is 0.285. The van der Waals surface area contributed by atoms with Gasteiger partial charge in [0.25, 0.3) is 5.91 Å². The fourth-order valence-corrected chi connectivity index (χ4v) is 7.19. The molecular weight excluding hydrogens is 525 g/mol. The second-order valence-electron chi connectivity index (χ2n) is 11.9. The van der Waals surface area contributed by atoms with Crippen LogP contribution < -0.4 is 10.6 Å². The average Bonchev–Trinajstić information content (AvgIpc) is 2.94. The molecule has 1 atom stereocenters. The van der Waals surface area contributed by atoms with E-state index in [-0.39, 0.29) is 40.8 Å². The molecule has 1 amide bonds. The van der Waals surface area contributed by atoms with Gasteiger partial charge in [-0.2, -0.15) is 4.76 Å². The predicted molar refractivity (Wildman–Crippen MR) is 153 cm³/mol. The van der Waals surface area contributed by atoms with Crippen LogP contribution in [0, 0.1) is 5.41 Å². The highest BCUT2D eigenvalue weighted by Crippen LogP contribution is 2.52. The van der Waals surface area contributed by atoms with Crippen molar-refractivity contribution in [2.24, 2.45) is 10.2 Å². The van der Waals surface area contributed by atoms with Crippen molar-refractivity contribution in [3.8, 4) is 0 Å². The maximum atomic E-state index is 14.0. The fourth-order valence-electron chi connectivity index (χ4n) is 4.63. The van der Waals surface area contributed by atoms with Gasteiger partial charge in [0.15, 0.2) is 5.84 Å². The van der Waals surface area contributed by atoms with Crippen LogP contribution in [0.3, 0.4) is 0 Å². The second-order valence-corrected chi connectivity index (χ2v) is 16.1. The Labute approximate surface area is 227 Å². The molecule has 3 rings (SSSR count). The third kappa shape index (κ3) is 6.88. The van der Waals surface area contributed by atoms with Gasteiger partial charge in [0.2, 0.25) is 0 Å². The Morgan fingerprint density at radius 2 is 1.87 bits per heavy atom. The summed E-state index contributed by atoms with van der Waals surface area (Å²) in [6.45, 7) is 12.2. The summed E-state index contributed by atoms with van der Waals surface area (Å²) in [6, 6.07) is 5.51. The Balaban J connectivity index is 1.87. The minimum Gasteiger partial charge on any atom is -0.509 e. The van der Waals surface area contributed by atoms with Crippen LogP contribution in [0.1, 0.15) is 72.8 Å². The summed E-state index contributed by atoms with van der Waals surface area (Å²) >= 11 is 0. The highest BCUT2D eigenvalue weighted by Gasteiger charge is 2.49. The summed E-state index contributed by atoms with van der Waals surface area (Å²) in [4.78, 5) is 15.2. The molecule has 38 heavy (non-hydrogen) atoms. The number of anilines is 1. The van der Waals surface area contributed by atoms with E-state index in [1.165, 1.54) is 6.26 Å². The summed E-state index contributed by atoms with van der Waals surface area (Å²) in [7, 11) is -6.70. The van der Waals surface area contributed by atoms with E-state index in [1.807, 2.05) is 6.07 Å². The minimum absolute atomic E-state index is 0.00433. The number of aliphatic hydroxyl groups excluding tert-OH is 1. The van der Waals surface area contributed by atoms with Crippen LogP contribution in [-0.2, 0) is 30.1 Å². The molecule has 0 aliphatic carbocycles. The topological polar surface area (TPSA) is 125 Å². The van der Waals surface area contributed by atoms with E-state index in [0.29, 0.717) is 30.4 Å². The van der Waals surface area contributed by atoms with Gasteiger partial charge in [0, 0.05) is 18.6 Å². The lowest BCUT2D eigenvalue weighted by molar-refractivity contribution is -0.129. The molecule has 0 spiro atoms. The van der Waals surface area contributed by atoms with E-state index >= 15 is 0 Å². The maximum absolute atomic E-state index is 14.0. The molecule has 0 fully saturated rings. The number of nitrogens with zero attached hydrogens (tertiary/aromatic N) is 2. The van der Waals surface area contributed by atoms with Gasteiger partial charge >= 0.3 is 7.52 Å². The number of benzene rings is 1. The van der Waals surface area contributed by atoms with E-state index in [2.05, 4.69) is 30.9 Å². The molecule has 212 valence electrons. The first-order chi connectivity index (χ1) is 17.5. The third-order valence-electron chi connectivity index (χ3n) is 6.91. The molecule has 9 nitrogen and oxygen atoms in total. The lowest BCUT2D eigenvalue weighted by Gasteiger charge is -2.34. The summed E-state index contributed by atoms with van der Waals surface area (Å²) in [6.07, 6.45) is 4.85. The highest BCUT2D eigenvalue weighted by atomic mass is 32.2. The molecule has 1 aromatic carbocycles. The fraction of sp³-hybridized carbons (Fsp3) is 0.630. The largest absolute Gasteiger partial charge is 0.509 e. The number of carbonyl (C=O) groups excluding carboxylic acids is 1. The molecule has 0 aromatic heterocycles. The molecular formula is C27H42N3O6PS. The van der Waals surface area contributed by atoms with E-state index in [1.54, 1.807) is 37.8 Å². The summed E-state index contributed by atoms with van der Waals surface area (Å²) in [5.41, 5.74) is 0.552. The smallest absolute Gasteiger partial charge is 0.348 e. The van der Waals surface area contributed by atoms with Crippen molar-refractivity contribution in [2.45, 2.75) is 79.2 Å². The molecule has 11 heteroatoms. The van der Waals surface area contributed by atoms with Crippen molar-refractivity contribution in [3.63, 3.8) is 0 Å². The zero-order chi connectivity index (χ0) is 28.5. The number of aliphatic hydroxyl groups is 1. The molecule has 2 heterocycles. The Morgan fingerprint density at radius 1 is 1.18 bits per heavy atom. The van der Waals surface area contributed by atoms with Gasteiger partial charge in [0.1, 0.15) is 21.2 Å². The van der Waals surface area contributed by atoms with Gasteiger partial charge < -0.3 is 19.8 Å². The van der Waals surface area contributed by atoms with Gasteiger partial charge in [-0.1, -0.05) is 33.3 Å². The lowest BCUT2D eigenvalue weighted by atomic mass is 9.91. The predicted octanol–water partition coefficient (Wildman–Crippen LogP) is 4.99. The van der Waals surface area contributed by atoms with Gasteiger partial charge in [-0.25, -0.2) is 8.42 Å². The van der Waals surface area contributed by atoms with Crippen molar-refractivity contribution in [3.05, 3.63) is 35.1 Å². The molecule has 2 aliphatic heterocycles. The van der Waals surface area contributed by atoms with Crippen LogP contribution in [0.5, 0.6) is 0 Å². The van der Waals surface area contributed by atoms with Gasteiger partial charge in [-0.05, 0) is 69.6 Å². The van der Waals surface area contributed by atoms with Gasteiger partial charge in [-0.15, -0.1) is 0 Å². The Morgan fingerprint density at radius 3 is 2.47 bits per heavy atom. The van der Waals surface area contributed by atoms with Crippen LogP contribution in [0.2, 0.25) is 0 Å². The number of amides is 1. The lowest BCUT2D eigenvalue weighted by Crippen LogP contribution is -2.45. The second kappa shape index (κ2) is 11.1. The SMILES string of the molecule is CCOP1(=O)N=C(C2=C(O)C(C)(C)N(CCC(C)(C)C)C2=O)Nc2ccc(CCCCCS(C)(=O)=O)cc21. The zero-order valence-corrected chi connectivity index (χ0v) is 25.3. The Kier molecular flexibility index (Phi) is 8.91. The van der Waals surface area contributed by atoms with Crippen LogP contribution in [-0.4, -0.2) is 60.9 Å². The van der Waals surface area contributed by atoms with Crippen molar-refractivity contribution in [1.82, 2.24) is 4.90 Å². The number of hydrogen-bond acceptors (Lipinski definition) is 7.